The summed E-state index contributed by atoms with van der Waals surface area (Å²) < 4.78 is 12.8. The number of rotatable bonds is 6. The molecule has 0 radical (unpaired) electrons. The van der Waals surface area contributed by atoms with Crippen LogP contribution in [0.2, 0.25) is 0 Å². The van der Waals surface area contributed by atoms with Crippen LogP contribution < -0.4 is 10.1 Å². The molecule has 1 atom stereocenters. The normalized spacial score (nSPS) is 11.6. The summed E-state index contributed by atoms with van der Waals surface area (Å²) in [5, 5.41) is 7.04. The maximum Gasteiger partial charge on any atom is 0.342 e. The molecule has 0 saturated heterocycles. The van der Waals surface area contributed by atoms with Gasteiger partial charge in [0.25, 0.3) is 5.91 Å². The predicted molar refractivity (Wildman–Crippen MR) is 109 cm³/mol. The average molecular weight is 393 g/mol. The Kier molecular flexibility index (Phi) is 5.97. The highest BCUT2D eigenvalue weighted by atomic mass is 16.5. The van der Waals surface area contributed by atoms with Crippen LogP contribution in [0.15, 0.2) is 54.6 Å². The number of aromatic nitrogens is 2. The molecule has 3 aromatic rings. The molecule has 7 nitrogen and oxygen atoms in total. The zero-order valence-electron chi connectivity index (χ0n) is 16.8. The number of nitrogens with zero attached hydrogens (tertiary/aromatic N) is 2. The molecule has 0 saturated carbocycles. The molecule has 1 N–H and O–H groups in total. The molecule has 7 heteroatoms. The standard InChI is InChI=1S/C22H23N3O4/c1-14-20(15(2)25(4)24-14)23-21(26)16(3)28-22(27)18-12-8-9-13-19(18)29-17-10-6-5-7-11-17/h5-13,16H,1-4H3,(H,23,26)/t16-/m0/s1. The van der Waals surface area contributed by atoms with Crippen molar-refractivity contribution >= 4 is 17.6 Å². The smallest absolute Gasteiger partial charge is 0.342 e. The highest BCUT2D eigenvalue weighted by molar-refractivity contribution is 5.98. The first-order chi connectivity index (χ1) is 13.9. The van der Waals surface area contributed by atoms with Gasteiger partial charge in [0.2, 0.25) is 0 Å². The summed E-state index contributed by atoms with van der Waals surface area (Å²) in [6.07, 6.45) is -0.994. The zero-order chi connectivity index (χ0) is 21.0. The molecule has 0 spiro atoms. The fourth-order valence-electron chi connectivity index (χ4n) is 2.80. The molecule has 0 bridgehead atoms. The van der Waals surface area contributed by atoms with Gasteiger partial charge in [-0.3, -0.25) is 9.48 Å². The Morgan fingerprint density at radius 3 is 2.34 bits per heavy atom. The first-order valence-corrected chi connectivity index (χ1v) is 9.20. The van der Waals surface area contributed by atoms with Crippen molar-refractivity contribution in [3.8, 4) is 11.5 Å². The largest absolute Gasteiger partial charge is 0.456 e. The van der Waals surface area contributed by atoms with E-state index in [9.17, 15) is 9.59 Å². The number of anilines is 1. The Hall–Kier alpha value is -3.61. The van der Waals surface area contributed by atoms with Gasteiger partial charge in [0.05, 0.1) is 17.1 Å². The summed E-state index contributed by atoms with van der Waals surface area (Å²) in [6.45, 7) is 5.18. The summed E-state index contributed by atoms with van der Waals surface area (Å²) in [7, 11) is 1.80. The van der Waals surface area contributed by atoms with Crippen LogP contribution >= 0.6 is 0 Å². The van der Waals surface area contributed by atoms with Crippen molar-refractivity contribution in [2.75, 3.05) is 5.32 Å². The number of amides is 1. The first-order valence-electron chi connectivity index (χ1n) is 9.20. The minimum absolute atomic E-state index is 0.241. The van der Waals surface area contributed by atoms with Gasteiger partial charge < -0.3 is 14.8 Å². The molecule has 1 heterocycles. The molecule has 0 aliphatic carbocycles. The molecular formula is C22H23N3O4. The number of benzene rings is 2. The molecule has 0 unspecified atom stereocenters. The molecule has 150 valence electrons. The van der Waals surface area contributed by atoms with E-state index in [2.05, 4.69) is 10.4 Å². The molecule has 2 aromatic carbocycles. The van der Waals surface area contributed by atoms with Crippen LogP contribution in [0.25, 0.3) is 0 Å². The number of ether oxygens (including phenoxy) is 2. The average Bonchev–Trinajstić information content (AvgIpc) is 2.95. The Morgan fingerprint density at radius 1 is 1.03 bits per heavy atom. The second-order valence-corrected chi connectivity index (χ2v) is 6.62. The lowest BCUT2D eigenvalue weighted by Crippen LogP contribution is -2.30. The summed E-state index contributed by atoms with van der Waals surface area (Å²) in [4.78, 5) is 25.2. The second-order valence-electron chi connectivity index (χ2n) is 6.62. The van der Waals surface area contributed by atoms with Crippen LogP contribution in [0.1, 0.15) is 28.7 Å². The van der Waals surface area contributed by atoms with Crippen molar-refractivity contribution in [1.82, 2.24) is 9.78 Å². The van der Waals surface area contributed by atoms with E-state index in [1.165, 1.54) is 6.92 Å². The summed E-state index contributed by atoms with van der Waals surface area (Å²) >= 11 is 0. The second kappa shape index (κ2) is 8.60. The van der Waals surface area contributed by atoms with Crippen molar-refractivity contribution in [2.24, 2.45) is 7.05 Å². The van der Waals surface area contributed by atoms with Crippen LogP contribution in [-0.4, -0.2) is 27.8 Å². The fourth-order valence-corrected chi connectivity index (χ4v) is 2.80. The highest BCUT2D eigenvalue weighted by Gasteiger charge is 2.23. The third kappa shape index (κ3) is 4.63. The first kappa shape index (κ1) is 20.1. The van der Waals surface area contributed by atoms with E-state index in [1.54, 1.807) is 55.1 Å². The fraction of sp³-hybridized carbons (Fsp3) is 0.227. The van der Waals surface area contributed by atoms with Crippen molar-refractivity contribution in [3.05, 3.63) is 71.5 Å². The lowest BCUT2D eigenvalue weighted by molar-refractivity contribution is -0.123. The van der Waals surface area contributed by atoms with Gasteiger partial charge in [0.15, 0.2) is 6.10 Å². The minimum atomic E-state index is -0.994. The molecule has 0 aliphatic heterocycles. The van der Waals surface area contributed by atoms with E-state index in [0.29, 0.717) is 22.9 Å². The number of carbonyl (C=O) groups is 2. The highest BCUT2D eigenvalue weighted by Crippen LogP contribution is 2.26. The summed E-state index contributed by atoms with van der Waals surface area (Å²) in [6, 6.07) is 15.9. The third-order valence-corrected chi connectivity index (χ3v) is 4.49. The summed E-state index contributed by atoms with van der Waals surface area (Å²) in [5.74, 6) is -0.117. The van der Waals surface area contributed by atoms with Crippen LogP contribution in [0.3, 0.4) is 0 Å². The Labute approximate surface area is 169 Å². The van der Waals surface area contributed by atoms with Gasteiger partial charge >= 0.3 is 5.97 Å². The number of carbonyl (C=O) groups excluding carboxylic acids is 2. The van der Waals surface area contributed by atoms with Crippen LogP contribution in [-0.2, 0) is 16.6 Å². The zero-order valence-corrected chi connectivity index (χ0v) is 16.8. The van der Waals surface area contributed by atoms with E-state index < -0.39 is 18.0 Å². The van der Waals surface area contributed by atoms with Gasteiger partial charge in [-0.2, -0.15) is 5.10 Å². The SMILES string of the molecule is Cc1nn(C)c(C)c1NC(=O)[C@H](C)OC(=O)c1ccccc1Oc1ccccc1. The molecule has 0 aliphatic rings. The van der Waals surface area contributed by atoms with Crippen molar-refractivity contribution in [1.29, 1.82) is 0 Å². The van der Waals surface area contributed by atoms with Gasteiger partial charge in [0.1, 0.15) is 17.1 Å². The molecule has 0 fully saturated rings. The van der Waals surface area contributed by atoms with Crippen LogP contribution in [0.5, 0.6) is 11.5 Å². The maximum atomic E-state index is 12.7. The number of para-hydroxylation sites is 2. The molecular weight excluding hydrogens is 370 g/mol. The van der Waals surface area contributed by atoms with Gasteiger partial charge in [-0.05, 0) is 45.0 Å². The summed E-state index contributed by atoms with van der Waals surface area (Å²) in [5.41, 5.74) is 2.37. The van der Waals surface area contributed by atoms with Crippen molar-refractivity contribution < 1.29 is 19.1 Å². The van der Waals surface area contributed by atoms with Crippen molar-refractivity contribution in [2.45, 2.75) is 26.9 Å². The minimum Gasteiger partial charge on any atom is -0.456 e. The predicted octanol–water partition coefficient (Wildman–Crippen LogP) is 4.01. The topological polar surface area (TPSA) is 82.5 Å². The van der Waals surface area contributed by atoms with Gasteiger partial charge in [0, 0.05) is 7.05 Å². The van der Waals surface area contributed by atoms with Crippen molar-refractivity contribution in [3.63, 3.8) is 0 Å². The number of esters is 1. The molecule has 1 aromatic heterocycles. The lowest BCUT2D eigenvalue weighted by Gasteiger charge is -2.15. The number of hydrogen-bond donors (Lipinski definition) is 1. The van der Waals surface area contributed by atoms with Crippen LogP contribution in [0, 0.1) is 13.8 Å². The van der Waals surface area contributed by atoms with E-state index in [-0.39, 0.29) is 5.56 Å². The van der Waals surface area contributed by atoms with E-state index in [0.717, 1.165) is 5.69 Å². The third-order valence-electron chi connectivity index (χ3n) is 4.49. The number of aryl methyl sites for hydroxylation is 2. The van der Waals surface area contributed by atoms with E-state index in [4.69, 9.17) is 9.47 Å². The Bertz CT molecular complexity index is 1030. The van der Waals surface area contributed by atoms with Gasteiger partial charge in [-0.15, -0.1) is 0 Å². The quantitative estimate of drug-likeness (QED) is 0.640. The Morgan fingerprint density at radius 2 is 1.69 bits per heavy atom. The molecule has 29 heavy (non-hydrogen) atoms. The number of nitrogens with one attached hydrogen (secondary N) is 1. The Balaban J connectivity index is 1.70. The van der Waals surface area contributed by atoms with Crippen LogP contribution in [0.4, 0.5) is 5.69 Å². The van der Waals surface area contributed by atoms with Gasteiger partial charge in [-0.25, -0.2) is 4.79 Å². The molecule has 1 amide bonds. The van der Waals surface area contributed by atoms with Gasteiger partial charge in [-0.1, -0.05) is 30.3 Å². The lowest BCUT2D eigenvalue weighted by atomic mass is 10.2. The van der Waals surface area contributed by atoms with E-state index in [1.807, 2.05) is 25.1 Å². The number of hydrogen-bond acceptors (Lipinski definition) is 5. The monoisotopic (exact) mass is 393 g/mol. The molecule has 3 rings (SSSR count). The van der Waals surface area contributed by atoms with E-state index >= 15 is 0 Å². The maximum absolute atomic E-state index is 12.7.